The van der Waals surface area contributed by atoms with Gasteiger partial charge in [0.1, 0.15) is 0 Å². The van der Waals surface area contributed by atoms with E-state index in [9.17, 15) is 4.79 Å². The Morgan fingerprint density at radius 3 is 2.29 bits per heavy atom. The van der Waals surface area contributed by atoms with E-state index in [0.29, 0.717) is 5.56 Å². The van der Waals surface area contributed by atoms with Crippen molar-refractivity contribution in [1.82, 2.24) is 0 Å². The van der Waals surface area contributed by atoms with Crippen molar-refractivity contribution in [1.29, 1.82) is 0 Å². The highest BCUT2D eigenvalue weighted by atomic mass is 16.1. The van der Waals surface area contributed by atoms with Crippen LogP contribution in [-0.2, 0) is 0 Å². The van der Waals surface area contributed by atoms with E-state index in [1.165, 1.54) is 6.08 Å². The Balaban J connectivity index is 2.88. The first-order valence-electron chi connectivity index (χ1n) is 4.34. The number of hydrogen-bond acceptors (Lipinski definition) is 1. The summed E-state index contributed by atoms with van der Waals surface area (Å²) in [5.41, 5.74) is 1.71. The molecule has 0 amide bonds. The van der Waals surface area contributed by atoms with Crippen molar-refractivity contribution in [2.24, 2.45) is 0 Å². The number of allylic oxidation sites excluding steroid dienone is 3. The normalized spacial score (nSPS) is 10.0. The largest absolute Gasteiger partial charge is 0.289 e. The van der Waals surface area contributed by atoms with Gasteiger partial charge in [-0.1, -0.05) is 55.7 Å². The van der Waals surface area contributed by atoms with Crippen LogP contribution in [0.5, 0.6) is 0 Å². The summed E-state index contributed by atoms with van der Waals surface area (Å²) in [5.74, 6) is -0.0516. The van der Waals surface area contributed by atoms with Gasteiger partial charge in [0.25, 0.3) is 0 Å². The van der Waals surface area contributed by atoms with Crippen molar-refractivity contribution >= 4 is 11.9 Å². The van der Waals surface area contributed by atoms with E-state index in [-0.39, 0.29) is 5.78 Å². The van der Waals surface area contributed by atoms with Crippen molar-refractivity contribution in [2.75, 3.05) is 0 Å². The summed E-state index contributed by atoms with van der Waals surface area (Å²) in [7, 11) is 0. The Bertz CT molecular complexity index is 369. The third kappa shape index (κ3) is 2.56. The van der Waals surface area contributed by atoms with E-state index in [4.69, 9.17) is 0 Å². The zero-order valence-corrected chi connectivity index (χ0v) is 7.94. The second kappa shape index (κ2) is 4.97. The topological polar surface area (TPSA) is 17.1 Å². The summed E-state index contributed by atoms with van der Waals surface area (Å²) >= 11 is 0. The van der Waals surface area contributed by atoms with Crippen molar-refractivity contribution in [3.05, 3.63) is 66.8 Å². The molecule has 70 valence electrons. The smallest absolute Gasteiger partial charge is 0.185 e. The Morgan fingerprint density at radius 1 is 1.14 bits per heavy atom. The minimum absolute atomic E-state index is 0.0516. The molecule has 1 heteroatoms. The molecule has 0 heterocycles. The molecule has 14 heavy (non-hydrogen) atoms. The fourth-order valence-corrected chi connectivity index (χ4v) is 1.06. The molecule has 0 spiro atoms. The van der Waals surface area contributed by atoms with Crippen molar-refractivity contribution < 1.29 is 4.79 Å². The van der Waals surface area contributed by atoms with Crippen LogP contribution in [0.3, 0.4) is 0 Å². The summed E-state index contributed by atoms with van der Waals surface area (Å²) in [5, 5.41) is 0. The van der Waals surface area contributed by atoms with Crippen molar-refractivity contribution in [2.45, 2.75) is 0 Å². The maximum Gasteiger partial charge on any atom is 0.185 e. The molecule has 0 radical (unpaired) electrons. The highest BCUT2D eigenvalue weighted by Gasteiger charge is 1.98. The highest BCUT2D eigenvalue weighted by molar-refractivity contribution is 6.04. The van der Waals surface area contributed by atoms with Gasteiger partial charge in [0.2, 0.25) is 0 Å². The zero-order chi connectivity index (χ0) is 10.4. The average Bonchev–Trinajstić information content (AvgIpc) is 2.26. The number of ketones is 1. The van der Waals surface area contributed by atoms with Gasteiger partial charge in [0.15, 0.2) is 5.78 Å². The van der Waals surface area contributed by atoms with Gasteiger partial charge in [-0.3, -0.25) is 4.79 Å². The lowest BCUT2D eigenvalue weighted by Gasteiger charge is -1.96. The molecule has 1 aromatic carbocycles. The van der Waals surface area contributed by atoms with E-state index in [0.717, 1.165) is 5.56 Å². The maximum absolute atomic E-state index is 11.2. The molecule has 0 aliphatic heterocycles. The summed E-state index contributed by atoms with van der Waals surface area (Å²) in [6.07, 6.45) is 6.80. The predicted octanol–water partition coefficient (Wildman–Crippen LogP) is 3.25. The van der Waals surface area contributed by atoms with Gasteiger partial charge in [-0.25, -0.2) is 0 Å². The van der Waals surface area contributed by atoms with Crippen molar-refractivity contribution in [3.8, 4) is 0 Å². The fraction of sp³-hybridized carbons (Fsp3) is 0. The van der Waals surface area contributed by atoms with Gasteiger partial charge in [-0.15, -0.1) is 0 Å². The molecule has 0 aromatic heterocycles. The molecule has 1 rings (SSSR count). The second-order valence-corrected chi connectivity index (χ2v) is 2.79. The van der Waals surface area contributed by atoms with Crippen LogP contribution in [0, 0.1) is 0 Å². The van der Waals surface area contributed by atoms with Gasteiger partial charge in [-0.2, -0.15) is 0 Å². The van der Waals surface area contributed by atoms with Crippen LogP contribution >= 0.6 is 0 Å². The molecule has 1 aromatic rings. The van der Waals surface area contributed by atoms with Crippen LogP contribution in [0.4, 0.5) is 0 Å². The zero-order valence-electron chi connectivity index (χ0n) is 7.94. The summed E-state index contributed by atoms with van der Waals surface area (Å²) in [4.78, 5) is 11.2. The number of carbonyl (C=O) groups is 1. The second-order valence-electron chi connectivity index (χ2n) is 2.79. The molecule has 0 N–H and O–H groups in total. The third-order valence-electron chi connectivity index (χ3n) is 1.81. The number of rotatable bonds is 4. The van der Waals surface area contributed by atoms with E-state index < -0.39 is 0 Å². The van der Waals surface area contributed by atoms with Gasteiger partial charge in [-0.05, 0) is 11.6 Å². The minimum Gasteiger partial charge on any atom is -0.289 e. The summed E-state index contributed by atoms with van der Waals surface area (Å²) < 4.78 is 0. The van der Waals surface area contributed by atoms with Gasteiger partial charge < -0.3 is 0 Å². The lowest BCUT2D eigenvalue weighted by Crippen LogP contribution is -1.92. The van der Waals surface area contributed by atoms with Crippen molar-refractivity contribution in [3.63, 3.8) is 0 Å². The van der Waals surface area contributed by atoms with Crippen LogP contribution in [-0.4, -0.2) is 5.78 Å². The van der Waals surface area contributed by atoms with E-state index in [2.05, 4.69) is 13.2 Å². The Hall–Kier alpha value is -1.89. The Labute approximate surface area is 84.1 Å². The van der Waals surface area contributed by atoms with E-state index >= 15 is 0 Å². The highest BCUT2D eigenvalue weighted by Crippen LogP contribution is 2.07. The van der Waals surface area contributed by atoms with E-state index in [1.807, 2.05) is 24.3 Å². The standard InChI is InChI=1S/C13H12O/c1-3-5-6-11-7-9-12(10-8-11)13(14)4-2/h3-10H,1-2H2. The first-order chi connectivity index (χ1) is 6.77. The minimum atomic E-state index is -0.0516. The number of hydrogen-bond donors (Lipinski definition) is 0. The monoisotopic (exact) mass is 184 g/mol. The molecule has 1 nitrogen and oxygen atoms in total. The predicted molar refractivity (Wildman–Crippen MR) is 60.2 cm³/mol. The van der Waals surface area contributed by atoms with Gasteiger partial charge in [0.05, 0.1) is 0 Å². The van der Waals surface area contributed by atoms with Crippen LogP contribution in [0.15, 0.2) is 55.7 Å². The molecule has 0 saturated carbocycles. The molecular weight excluding hydrogens is 172 g/mol. The summed E-state index contributed by atoms with van der Waals surface area (Å²) in [6.45, 7) is 7.01. The fourth-order valence-electron chi connectivity index (χ4n) is 1.06. The molecule has 0 aliphatic rings. The van der Waals surface area contributed by atoms with E-state index in [1.54, 1.807) is 18.2 Å². The number of benzene rings is 1. The number of carbonyl (C=O) groups excluding carboxylic acids is 1. The molecule has 0 atom stereocenters. The summed E-state index contributed by atoms with van der Waals surface area (Å²) in [6, 6.07) is 7.34. The average molecular weight is 184 g/mol. The quantitative estimate of drug-likeness (QED) is 0.399. The molecule has 0 fully saturated rings. The van der Waals surface area contributed by atoms with Gasteiger partial charge in [0, 0.05) is 5.56 Å². The SMILES string of the molecule is C=CC=Cc1ccc(C(=O)C=C)cc1. The molecular formula is C13H12O. The molecule has 0 unspecified atom stereocenters. The maximum atomic E-state index is 11.2. The molecule has 0 aliphatic carbocycles. The van der Waals surface area contributed by atoms with Crippen LogP contribution in [0.2, 0.25) is 0 Å². The Morgan fingerprint density at radius 2 is 1.79 bits per heavy atom. The van der Waals surface area contributed by atoms with Crippen LogP contribution in [0.1, 0.15) is 15.9 Å². The first kappa shape index (κ1) is 10.2. The lowest BCUT2D eigenvalue weighted by atomic mass is 10.1. The third-order valence-corrected chi connectivity index (χ3v) is 1.81. The van der Waals surface area contributed by atoms with Crippen LogP contribution < -0.4 is 0 Å². The first-order valence-corrected chi connectivity index (χ1v) is 4.34. The lowest BCUT2D eigenvalue weighted by molar-refractivity contribution is 0.104. The molecule has 0 bridgehead atoms. The Kier molecular flexibility index (Phi) is 3.62. The van der Waals surface area contributed by atoms with Gasteiger partial charge >= 0.3 is 0 Å². The molecule has 0 saturated heterocycles. The van der Waals surface area contributed by atoms with Crippen LogP contribution in [0.25, 0.3) is 6.08 Å².